The summed E-state index contributed by atoms with van der Waals surface area (Å²) in [6.45, 7) is 0. The molecule has 0 amide bonds. The molecule has 92 valence electrons. The van der Waals surface area contributed by atoms with Gasteiger partial charge in [0, 0.05) is 10.6 Å². The molecule has 0 spiro atoms. The molecule has 0 fully saturated rings. The van der Waals surface area contributed by atoms with Gasteiger partial charge in [0.15, 0.2) is 6.29 Å². The van der Waals surface area contributed by atoms with Crippen molar-refractivity contribution in [2.75, 3.05) is 0 Å². The van der Waals surface area contributed by atoms with Gasteiger partial charge >= 0.3 is 0 Å². The van der Waals surface area contributed by atoms with Crippen LogP contribution in [0.25, 0.3) is 6.08 Å². The van der Waals surface area contributed by atoms with Crippen molar-refractivity contribution >= 4 is 24.0 Å². The van der Waals surface area contributed by atoms with Crippen LogP contribution in [-0.2, 0) is 4.79 Å². The molecule has 2 heteroatoms. The molecule has 2 aromatic carbocycles. The van der Waals surface area contributed by atoms with Crippen LogP contribution in [0.15, 0.2) is 60.2 Å². The van der Waals surface area contributed by atoms with E-state index in [2.05, 4.69) is 11.8 Å². The molecule has 0 N–H and O–H groups in total. The van der Waals surface area contributed by atoms with Crippen molar-refractivity contribution in [1.82, 2.24) is 0 Å². The van der Waals surface area contributed by atoms with Gasteiger partial charge in [-0.05, 0) is 35.9 Å². The maximum absolute atomic E-state index is 11.0. The van der Waals surface area contributed by atoms with E-state index in [-0.39, 0.29) is 0 Å². The zero-order valence-electron chi connectivity index (χ0n) is 10.1. The number of aldehydes is 1. The third kappa shape index (κ3) is 4.13. The number of hydrogen-bond donors (Lipinski definition) is 0. The van der Waals surface area contributed by atoms with Crippen LogP contribution >= 0.6 is 11.6 Å². The maximum atomic E-state index is 11.0. The molecule has 0 heterocycles. The van der Waals surface area contributed by atoms with Gasteiger partial charge in [0.1, 0.15) is 0 Å². The molecule has 0 aliphatic rings. The van der Waals surface area contributed by atoms with Gasteiger partial charge in [-0.25, -0.2) is 0 Å². The lowest BCUT2D eigenvalue weighted by atomic mass is 10.1. The molecular formula is C17H11ClO. The molecule has 0 atom stereocenters. The van der Waals surface area contributed by atoms with E-state index in [0.29, 0.717) is 10.6 Å². The second-order valence-corrected chi connectivity index (χ2v) is 4.32. The summed E-state index contributed by atoms with van der Waals surface area (Å²) < 4.78 is 0. The van der Waals surface area contributed by atoms with Gasteiger partial charge in [-0.1, -0.05) is 53.8 Å². The standard InChI is InChI=1S/C17H11ClO/c18-17-10-8-15(9-11-17)12-16(13-19)7-6-14-4-2-1-3-5-14/h1-5,8-13H/b16-12+. The highest BCUT2D eigenvalue weighted by Crippen LogP contribution is 2.11. The first-order chi connectivity index (χ1) is 9.28. The lowest BCUT2D eigenvalue weighted by Crippen LogP contribution is -1.81. The van der Waals surface area contributed by atoms with Crippen molar-refractivity contribution in [3.05, 3.63) is 76.3 Å². The van der Waals surface area contributed by atoms with Crippen molar-refractivity contribution in [2.45, 2.75) is 0 Å². The Morgan fingerprint density at radius 3 is 2.32 bits per heavy atom. The Bertz CT molecular complexity index is 643. The average molecular weight is 267 g/mol. The minimum atomic E-state index is 0.436. The average Bonchev–Trinajstić information content (AvgIpc) is 2.46. The van der Waals surface area contributed by atoms with Crippen LogP contribution in [-0.4, -0.2) is 6.29 Å². The van der Waals surface area contributed by atoms with E-state index in [9.17, 15) is 4.79 Å². The molecule has 0 aliphatic heterocycles. The fourth-order valence-corrected chi connectivity index (χ4v) is 1.63. The van der Waals surface area contributed by atoms with Crippen LogP contribution in [0.4, 0.5) is 0 Å². The van der Waals surface area contributed by atoms with Crippen molar-refractivity contribution < 1.29 is 4.79 Å². The van der Waals surface area contributed by atoms with Crippen LogP contribution in [0.5, 0.6) is 0 Å². The second kappa shape index (κ2) is 6.58. The summed E-state index contributed by atoms with van der Waals surface area (Å²) in [6, 6.07) is 16.8. The molecule has 19 heavy (non-hydrogen) atoms. The van der Waals surface area contributed by atoms with E-state index in [1.807, 2.05) is 42.5 Å². The normalized spacial score (nSPS) is 10.5. The smallest absolute Gasteiger partial charge is 0.158 e. The zero-order chi connectivity index (χ0) is 13.5. The minimum absolute atomic E-state index is 0.436. The maximum Gasteiger partial charge on any atom is 0.158 e. The summed E-state index contributed by atoms with van der Waals surface area (Å²) in [4.78, 5) is 11.0. The summed E-state index contributed by atoms with van der Waals surface area (Å²) in [7, 11) is 0. The van der Waals surface area contributed by atoms with Crippen molar-refractivity contribution in [3.63, 3.8) is 0 Å². The van der Waals surface area contributed by atoms with Crippen LogP contribution in [0.2, 0.25) is 5.02 Å². The molecule has 2 aromatic rings. The Morgan fingerprint density at radius 1 is 1.00 bits per heavy atom. The third-order valence-electron chi connectivity index (χ3n) is 2.44. The fraction of sp³-hybridized carbons (Fsp3) is 0. The Labute approximate surface area is 117 Å². The second-order valence-electron chi connectivity index (χ2n) is 3.89. The van der Waals surface area contributed by atoms with Crippen molar-refractivity contribution in [1.29, 1.82) is 0 Å². The SMILES string of the molecule is O=C/C(C#Cc1ccccc1)=C/c1ccc(Cl)cc1. The molecule has 0 aliphatic carbocycles. The largest absolute Gasteiger partial charge is 0.297 e. The number of allylic oxidation sites excluding steroid dienone is 1. The first kappa shape index (κ1) is 13.1. The predicted octanol–water partition coefficient (Wildman–Crippen LogP) is 3.97. The van der Waals surface area contributed by atoms with Gasteiger partial charge in [-0.2, -0.15) is 0 Å². The topological polar surface area (TPSA) is 17.1 Å². The number of hydrogen-bond acceptors (Lipinski definition) is 1. The number of halogens is 1. The summed E-state index contributed by atoms with van der Waals surface area (Å²) in [5.74, 6) is 5.81. The van der Waals surface area contributed by atoms with E-state index in [4.69, 9.17) is 11.6 Å². The van der Waals surface area contributed by atoms with E-state index >= 15 is 0 Å². The molecule has 2 rings (SSSR count). The first-order valence-corrected chi connectivity index (χ1v) is 6.15. The monoisotopic (exact) mass is 266 g/mol. The number of benzene rings is 2. The lowest BCUT2D eigenvalue weighted by molar-refractivity contribution is -0.104. The first-order valence-electron chi connectivity index (χ1n) is 5.77. The van der Waals surface area contributed by atoms with Crippen LogP contribution in [0.3, 0.4) is 0 Å². The summed E-state index contributed by atoms with van der Waals surface area (Å²) in [5.41, 5.74) is 2.21. The van der Waals surface area contributed by atoms with Crippen LogP contribution < -0.4 is 0 Å². The Morgan fingerprint density at radius 2 is 1.68 bits per heavy atom. The van der Waals surface area contributed by atoms with Crippen molar-refractivity contribution in [3.8, 4) is 11.8 Å². The van der Waals surface area contributed by atoms with Crippen molar-refractivity contribution in [2.24, 2.45) is 0 Å². The third-order valence-corrected chi connectivity index (χ3v) is 2.70. The van der Waals surface area contributed by atoms with Gasteiger partial charge in [-0.3, -0.25) is 4.79 Å². The van der Waals surface area contributed by atoms with E-state index in [1.54, 1.807) is 18.2 Å². The number of carbonyl (C=O) groups is 1. The molecule has 0 bridgehead atoms. The van der Waals surface area contributed by atoms with Gasteiger partial charge in [0.25, 0.3) is 0 Å². The quantitative estimate of drug-likeness (QED) is 0.457. The van der Waals surface area contributed by atoms with Gasteiger partial charge in [-0.15, -0.1) is 0 Å². The Hall–Kier alpha value is -2.30. The van der Waals surface area contributed by atoms with Crippen LogP contribution in [0, 0.1) is 11.8 Å². The molecule has 1 nitrogen and oxygen atoms in total. The minimum Gasteiger partial charge on any atom is -0.297 e. The molecule has 0 radical (unpaired) electrons. The fourth-order valence-electron chi connectivity index (χ4n) is 1.50. The van der Waals surface area contributed by atoms with E-state index < -0.39 is 0 Å². The van der Waals surface area contributed by atoms with Gasteiger partial charge in [0.2, 0.25) is 0 Å². The predicted molar refractivity (Wildman–Crippen MR) is 78.8 cm³/mol. The summed E-state index contributed by atoms with van der Waals surface area (Å²) in [5, 5.41) is 0.667. The summed E-state index contributed by atoms with van der Waals surface area (Å²) in [6.07, 6.45) is 2.49. The zero-order valence-corrected chi connectivity index (χ0v) is 10.9. The highest BCUT2D eigenvalue weighted by atomic mass is 35.5. The van der Waals surface area contributed by atoms with Gasteiger partial charge < -0.3 is 0 Å². The molecule has 0 saturated carbocycles. The van der Waals surface area contributed by atoms with E-state index in [0.717, 1.165) is 17.4 Å². The van der Waals surface area contributed by atoms with Crippen LogP contribution in [0.1, 0.15) is 11.1 Å². The molecule has 0 aromatic heterocycles. The highest BCUT2D eigenvalue weighted by Gasteiger charge is 1.93. The number of rotatable bonds is 2. The number of carbonyl (C=O) groups excluding carboxylic acids is 1. The Balaban J connectivity index is 2.24. The lowest BCUT2D eigenvalue weighted by Gasteiger charge is -1.94. The van der Waals surface area contributed by atoms with Gasteiger partial charge in [0.05, 0.1) is 5.57 Å². The highest BCUT2D eigenvalue weighted by molar-refractivity contribution is 6.30. The molecule has 0 saturated heterocycles. The summed E-state index contributed by atoms with van der Waals surface area (Å²) >= 11 is 5.81. The van der Waals surface area contributed by atoms with E-state index in [1.165, 1.54) is 0 Å². The Kier molecular flexibility index (Phi) is 4.55. The molecule has 0 unspecified atom stereocenters. The molecular weight excluding hydrogens is 256 g/mol.